The SMILES string of the molecule is CCOC(=O)c1cnc(C(C)O)cc1C. The van der Waals surface area contributed by atoms with Crippen LogP contribution in [0.2, 0.25) is 0 Å². The minimum atomic E-state index is -0.625. The summed E-state index contributed by atoms with van der Waals surface area (Å²) in [6, 6.07) is 1.69. The molecule has 15 heavy (non-hydrogen) atoms. The van der Waals surface area contributed by atoms with E-state index in [1.54, 1.807) is 26.8 Å². The molecule has 1 aromatic rings. The Morgan fingerprint density at radius 3 is 2.80 bits per heavy atom. The lowest BCUT2D eigenvalue weighted by atomic mass is 10.1. The predicted molar refractivity (Wildman–Crippen MR) is 55.6 cm³/mol. The third-order valence-electron chi connectivity index (χ3n) is 2.06. The number of hydrogen-bond acceptors (Lipinski definition) is 4. The van der Waals surface area contributed by atoms with Gasteiger partial charge in [0.25, 0.3) is 0 Å². The van der Waals surface area contributed by atoms with Crippen LogP contribution in [0.25, 0.3) is 0 Å². The Bertz CT molecular complexity index is 361. The number of aryl methyl sites for hydroxylation is 1. The van der Waals surface area contributed by atoms with E-state index < -0.39 is 6.10 Å². The first-order valence-corrected chi connectivity index (χ1v) is 4.88. The van der Waals surface area contributed by atoms with Gasteiger partial charge in [-0.1, -0.05) is 0 Å². The molecule has 1 aromatic heterocycles. The Hall–Kier alpha value is -1.42. The van der Waals surface area contributed by atoms with Crippen molar-refractivity contribution in [2.45, 2.75) is 26.9 Å². The average molecular weight is 209 g/mol. The molecule has 0 aliphatic heterocycles. The molecule has 1 unspecified atom stereocenters. The lowest BCUT2D eigenvalue weighted by Gasteiger charge is -2.08. The van der Waals surface area contributed by atoms with Crippen LogP contribution in [0.5, 0.6) is 0 Å². The van der Waals surface area contributed by atoms with Crippen LogP contribution < -0.4 is 0 Å². The minimum Gasteiger partial charge on any atom is -0.462 e. The van der Waals surface area contributed by atoms with Gasteiger partial charge in [0.05, 0.1) is 24.0 Å². The van der Waals surface area contributed by atoms with Gasteiger partial charge in [0.15, 0.2) is 0 Å². The normalized spacial score (nSPS) is 12.3. The summed E-state index contributed by atoms with van der Waals surface area (Å²) in [4.78, 5) is 15.4. The van der Waals surface area contributed by atoms with Crippen LogP contribution in [0, 0.1) is 6.92 Å². The number of aliphatic hydroxyl groups is 1. The summed E-state index contributed by atoms with van der Waals surface area (Å²) in [7, 11) is 0. The zero-order valence-electron chi connectivity index (χ0n) is 9.15. The van der Waals surface area contributed by atoms with Crippen molar-refractivity contribution in [3.8, 4) is 0 Å². The fourth-order valence-electron chi connectivity index (χ4n) is 1.23. The molecular formula is C11H15NO3. The minimum absolute atomic E-state index is 0.344. The fraction of sp³-hybridized carbons (Fsp3) is 0.455. The average Bonchev–Trinajstić information content (AvgIpc) is 2.17. The molecule has 1 rings (SSSR count). The molecule has 0 spiro atoms. The number of carbonyl (C=O) groups is 1. The van der Waals surface area contributed by atoms with Crippen molar-refractivity contribution in [1.29, 1.82) is 0 Å². The van der Waals surface area contributed by atoms with Gasteiger partial charge in [-0.05, 0) is 32.4 Å². The van der Waals surface area contributed by atoms with Crippen LogP contribution in [0.3, 0.4) is 0 Å². The van der Waals surface area contributed by atoms with Crippen LogP contribution >= 0.6 is 0 Å². The van der Waals surface area contributed by atoms with Gasteiger partial charge in [-0.2, -0.15) is 0 Å². The van der Waals surface area contributed by atoms with E-state index in [0.717, 1.165) is 5.56 Å². The maximum absolute atomic E-state index is 11.4. The summed E-state index contributed by atoms with van der Waals surface area (Å²) in [5.74, 6) is -0.375. The van der Waals surface area contributed by atoms with Crippen molar-refractivity contribution >= 4 is 5.97 Å². The number of esters is 1. The molecule has 0 aliphatic rings. The largest absolute Gasteiger partial charge is 0.462 e. The van der Waals surface area contributed by atoms with Gasteiger partial charge in [0.1, 0.15) is 0 Å². The maximum atomic E-state index is 11.4. The number of aromatic nitrogens is 1. The molecule has 4 nitrogen and oxygen atoms in total. The highest BCUT2D eigenvalue weighted by molar-refractivity contribution is 5.90. The molecule has 0 saturated heterocycles. The second-order valence-electron chi connectivity index (χ2n) is 3.32. The number of nitrogens with zero attached hydrogens (tertiary/aromatic N) is 1. The molecular weight excluding hydrogens is 194 g/mol. The molecule has 1 atom stereocenters. The summed E-state index contributed by atoms with van der Waals surface area (Å²) in [6.45, 7) is 5.52. The highest BCUT2D eigenvalue weighted by Crippen LogP contribution is 2.14. The molecule has 0 aliphatic carbocycles. The number of rotatable bonds is 3. The first-order valence-electron chi connectivity index (χ1n) is 4.88. The fourth-order valence-corrected chi connectivity index (χ4v) is 1.23. The maximum Gasteiger partial charge on any atom is 0.339 e. The highest BCUT2D eigenvalue weighted by atomic mass is 16.5. The molecule has 82 valence electrons. The van der Waals surface area contributed by atoms with Gasteiger partial charge in [-0.25, -0.2) is 4.79 Å². The number of ether oxygens (including phenoxy) is 1. The lowest BCUT2D eigenvalue weighted by molar-refractivity contribution is 0.0524. The van der Waals surface area contributed by atoms with Crippen molar-refractivity contribution in [2.75, 3.05) is 6.61 Å². The summed E-state index contributed by atoms with van der Waals surface area (Å²) in [5, 5.41) is 9.30. The van der Waals surface area contributed by atoms with E-state index in [1.807, 2.05) is 0 Å². The number of carbonyl (C=O) groups excluding carboxylic acids is 1. The van der Waals surface area contributed by atoms with Crippen molar-refractivity contribution in [1.82, 2.24) is 4.98 Å². The van der Waals surface area contributed by atoms with E-state index in [4.69, 9.17) is 4.74 Å². The van der Waals surface area contributed by atoms with Crippen molar-refractivity contribution in [3.63, 3.8) is 0 Å². The molecule has 4 heteroatoms. The Kier molecular flexibility index (Phi) is 3.80. The standard InChI is InChI=1S/C11H15NO3/c1-4-15-11(14)9-6-12-10(8(3)13)5-7(9)2/h5-6,8,13H,4H2,1-3H3. The first-order chi connectivity index (χ1) is 7.06. The topological polar surface area (TPSA) is 59.4 Å². The van der Waals surface area contributed by atoms with Gasteiger partial charge in [0.2, 0.25) is 0 Å². The Morgan fingerprint density at radius 2 is 2.33 bits per heavy atom. The van der Waals surface area contributed by atoms with E-state index >= 15 is 0 Å². The van der Waals surface area contributed by atoms with Crippen molar-refractivity contribution in [3.05, 3.63) is 29.1 Å². The van der Waals surface area contributed by atoms with E-state index in [-0.39, 0.29) is 5.97 Å². The predicted octanol–water partition coefficient (Wildman–Crippen LogP) is 1.62. The first kappa shape index (κ1) is 11.7. The van der Waals surface area contributed by atoms with Gasteiger partial charge >= 0.3 is 5.97 Å². The van der Waals surface area contributed by atoms with Crippen LogP contribution in [-0.4, -0.2) is 22.7 Å². The van der Waals surface area contributed by atoms with E-state index in [2.05, 4.69) is 4.98 Å². The number of aliphatic hydroxyl groups excluding tert-OH is 1. The van der Waals surface area contributed by atoms with Crippen LogP contribution in [-0.2, 0) is 4.74 Å². The Morgan fingerprint density at radius 1 is 1.67 bits per heavy atom. The molecule has 1 heterocycles. The number of hydrogen-bond donors (Lipinski definition) is 1. The highest BCUT2D eigenvalue weighted by Gasteiger charge is 2.12. The van der Waals surface area contributed by atoms with Gasteiger partial charge in [0, 0.05) is 6.20 Å². The lowest BCUT2D eigenvalue weighted by Crippen LogP contribution is -2.08. The zero-order valence-corrected chi connectivity index (χ0v) is 9.15. The molecule has 0 bridgehead atoms. The summed E-state index contributed by atoms with van der Waals surface area (Å²) < 4.78 is 4.87. The third kappa shape index (κ3) is 2.76. The summed E-state index contributed by atoms with van der Waals surface area (Å²) in [6.07, 6.45) is 0.815. The molecule has 0 fully saturated rings. The smallest absolute Gasteiger partial charge is 0.339 e. The zero-order chi connectivity index (χ0) is 11.4. The Balaban J connectivity index is 2.98. The van der Waals surface area contributed by atoms with Gasteiger partial charge in [-0.3, -0.25) is 4.98 Å². The van der Waals surface area contributed by atoms with Crippen LogP contribution in [0.1, 0.15) is 41.6 Å². The monoisotopic (exact) mass is 209 g/mol. The van der Waals surface area contributed by atoms with E-state index in [9.17, 15) is 9.90 Å². The summed E-state index contributed by atoms with van der Waals surface area (Å²) in [5.41, 5.74) is 1.76. The molecule has 0 aromatic carbocycles. The van der Waals surface area contributed by atoms with Gasteiger partial charge in [-0.15, -0.1) is 0 Å². The van der Waals surface area contributed by atoms with Crippen LogP contribution in [0.4, 0.5) is 0 Å². The molecule has 1 N–H and O–H groups in total. The molecule has 0 amide bonds. The van der Waals surface area contributed by atoms with E-state index in [1.165, 1.54) is 6.20 Å². The molecule has 0 saturated carbocycles. The molecule has 0 radical (unpaired) electrons. The summed E-state index contributed by atoms with van der Waals surface area (Å²) >= 11 is 0. The van der Waals surface area contributed by atoms with Gasteiger partial charge < -0.3 is 9.84 Å². The number of pyridine rings is 1. The van der Waals surface area contributed by atoms with Crippen molar-refractivity contribution < 1.29 is 14.6 Å². The third-order valence-corrected chi connectivity index (χ3v) is 2.06. The van der Waals surface area contributed by atoms with E-state index in [0.29, 0.717) is 17.9 Å². The van der Waals surface area contributed by atoms with Crippen LogP contribution in [0.15, 0.2) is 12.3 Å². The second kappa shape index (κ2) is 4.89. The van der Waals surface area contributed by atoms with Crippen molar-refractivity contribution in [2.24, 2.45) is 0 Å². The quantitative estimate of drug-likeness (QED) is 0.768. The second-order valence-corrected chi connectivity index (χ2v) is 3.32. The Labute approximate surface area is 88.9 Å².